The fourth-order valence-electron chi connectivity index (χ4n) is 2.32. The van der Waals surface area contributed by atoms with Gasteiger partial charge in [0.15, 0.2) is 10.4 Å². The number of nitrogens with zero attached hydrogens (tertiary/aromatic N) is 3. The van der Waals surface area contributed by atoms with Gasteiger partial charge in [0, 0.05) is 18.5 Å². The minimum Gasteiger partial charge on any atom is -0.327 e. The van der Waals surface area contributed by atoms with E-state index in [0.717, 1.165) is 19.3 Å². The van der Waals surface area contributed by atoms with E-state index in [0.29, 0.717) is 10.3 Å². The quantitative estimate of drug-likeness (QED) is 0.831. The van der Waals surface area contributed by atoms with Gasteiger partial charge in [-0.3, -0.25) is 4.79 Å². The van der Waals surface area contributed by atoms with Crippen molar-refractivity contribution in [2.24, 2.45) is 18.2 Å². The van der Waals surface area contributed by atoms with E-state index in [9.17, 15) is 4.79 Å². The summed E-state index contributed by atoms with van der Waals surface area (Å²) in [7, 11) is 1.72. The summed E-state index contributed by atoms with van der Waals surface area (Å²) >= 11 is 3.25. The van der Waals surface area contributed by atoms with E-state index >= 15 is 0 Å². The number of halogens is 1. The fraction of sp³-hybridized carbons (Fsp3) is 0.700. The number of carbonyl (C=O) groups excluding carboxylic acids is 1. The largest absolute Gasteiger partial charge is 0.327 e. The van der Waals surface area contributed by atoms with E-state index in [1.807, 2.05) is 6.92 Å². The van der Waals surface area contributed by atoms with Gasteiger partial charge >= 0.3 is 0 Å². The van der Waals surface area contributed by atoms with Crippen LogP contribution in [-0.2, 0) is 7.05 Å². The highest BCUT2D eigenvalue weighted by molar-refractivity contribution is 9.10. The third-order valence-corrected chi connectivity index (χ3v) is 4.08. The molecule has 2 rings (SSSR count). The molecule has 0 saturated heterocycles. The van der Waals surface area contributed by atoms with Gasteiger partial charge in [0.05, 0.1) is 0 Å². The van der Waals surface area contributed by atoms with E-state index in [1.165, 1.54) is 4.68 Å². The Kier molecular flexibility index (Phi) is 2.88. The number of ketones is 1. The Morgan fingerprint density at radius 2 is 2.38 bits per heavy atom. The first-order valence-electron chi connectivity index (χ1n) is 5.32. The molecule has 2 atom stereocenters. The molecule has 5 nitrogen and oxygen atoms in total. The van der Waals surface area contributed by atoms with Gasteiger partial charge in [-0.15, -0.1) is 5.10 Å². The van der Waals surface area contributed by atoms with E-state index < -0.39 is 5.41 Å². The third kappa shape index (κ3) is 1.60. The summed E-state index contributed by atoms with van der Waals surface area (Å²) in [5.41, 5.74) is 6.07. The Labute approximate surface area is 103 Å². The molecule has 0 aromatic carbocycles. The fourth-order valence-corrected chi connectivity index (χ4v) is 2.83. The van der Waals surface area contributed by atoms with Crippen molar-refractivity contribution in [2.45, 2.75) is 32.2 Å². The van der Waals surface area contributed by atoms with Gasteiger partial charge in [-0.1, -0.05) is 18.6 Å². The van der Waals surface area contributed by atoms with Crippen LogP contribution in [0, 0.1) is 5.41 Å². The lowest BCUT2D eigenvalue weighted by atomic mass is 9.79. The molecule has 1 heterocycles. The number of carbonyl (C=O) groups is 1. The molecule has 88 valence electrons. The number of hydrogen-bond donors (Lipinski definition) is 1. The predicted octanol–water partition coefficient (Wildman–Crippen LogP) is 1.28. The van der Waals surface area contributed by atoms with Crippen molar-refractivity contribution in [2.75, 3.05) is 0 Å². The number of nitrogens with two attached hydrogens (primary N) is 1. The molecule has 1 saturated carbocycles. The first-order valence-corrected chi connectivity index (χ1v) is 6.11. The topological polar surface area (TPSA) is 73.8 Å². The second-order valence-corrected chi connectivity index (χ2v) is 5.35. The summed E-state index contributed by atoms with van der Waals surface area (Å²) in [6.07, 6.45) is 2.75. The van der Waals surface area contributed by atoms with Crippen LogP contribution in [0.25, 0.3) is 0 Å². The Morgan fingerprint density at radius 1 is 1.69 bits per heavy atom. The molecule has 16 heavy (non-hydrogen) atoms. The summed E-state index contributed by atoms with van der Waals surface area (Å²) in [5, 5.41) is 7.66. The number of aryl methyl sites for hydroxylation is 1. The Morgan fingerprint density at radius 3 is 2.81 bits per heavy atom. The Hall–Kier alpha value is -0.750. The third-order valence-electron chi connectivity index (χ3n) is 3.55. The van der Waals surface area contributed by atoms with Crippen LogP contribution in [0.4, 0.5) is 0 Å². The summed E-state index contributed by atoms with van der Waals surface area (Å²) < 4.78 is 2.00. The maximum Gasteiger partial charge on any atom is 0.191 e. The number of rotatable bonds is 2. The number of Topliss-reactive ketones (excluding diaryl/α,β-unsaturated/α-hetero) is 1. The molecular weight excluding hydrogens is 272 g/mol. The van der Waals surface area contributed by atoms with Crippen LogP contribution in [0.5, 0.6) is 0 Å². The predicted molar refractivity (Wildman–Crippen MR) is 63.0 cm³/mol. The monoisotopic (exact) mass is 286 g/mol. The highest BCUT2D eigenvalue weighted by Gasteiger charge is 2.45. The lowest BCUT2D eigenvalue weighted by Crippen LogP contribution is -2.42. The molecular formula is C10H15BrN4O. The van der Waals surface area contributed by atoms with Gasteiger partial charge in [0.2, 0.25) is 0 Å². The van der Waals surface area contributed by atoms with Crippen molar-refractivity contribution in [3.63, 3.8) is 0 Å². The standard InChI is InChI=1S/C10H15BrN4O/c1-10(5-3-4-6(10)12)8(16)7-9(11)13-14-15(7)2/h6H,3-5,12H2,1-2H3. The molecule has 0 amide bonds. The van der Waals surface area contributed by atoms with E-state index in [2.05, 4.69) is 26.2 Å². The molecule has 0 spiro atoms. The van der Waals surface area contributed by atoms with E-state index in [-0.39, 0.29) is 11.8 Å². The SMILES string of the molecule is Cn1nnc(Br)c1C(=O)C1(C)CCCC1N. The highest BCUT2D eigenvalue weighted by Crippen LogP contribution is 2.40. The van der Waals surface area contributed by atoms with Gasteiger partial charge in [-0.25, -0.2) is 4.68 Å². The van der Waals surface area contributed by atoms with Gasteiger partial charge < -0.3 is 5.73 Å². The summed E-state index contributed by atoms with van der Waals surface area (Å²) in [4.78, 5) is 12.5. The zero-order valence-corrected chi connectivity index (χ0v) is 11.0. The van der Waals surface area contributed by atoms with Crippen LogP contribution in [0.2, 0.25) is 0 Å². The minimum atomic E-state index is -0.474. The number of hydrogen-bond acceptors (Lipinski definition) is 4. The molecule has 2 N–H and O–H groups in total. The van der Waals surface area contributed by atoms with Gasteiger partial charge in [-0.2, -0.15) is 0 Å². The Bertz CT molecular complexity index is 411. The van der Waals surface area contributed by atoms with Crippen molar-refractivity contribution in [1.29, 1.82) is 0 Å². The molecule has 1 aliphatic carbocycles. The smallest absolute Gasteiger partial charge is 0.191 e. The minimum absolute atomic E-state index is 0.0388. The second kappa shape index (κ2) is 3.92. The van der Waals surface area contributed by atoms with Crippen LogP contribution < -0.4 is 5.73 Å². The van der Waals surface area contributed by atoms with Gasteiger partial charge in [0.1, 0.15) is 5.69 Å². The van der Waals surface area contributed by atoms with Gasteiger partial charge in [0.25, 0.3) is 0 Å². The van der Waals surface area contributed by atoms with Gasteiger partial charge in [-0.05, 0) is 28.8 Å². The van der Waals surface area contributed by atoms with Crippen LogP contribution in [-0.4, -0.2) is 26.8 Å². The average molecular weight is 287 g/mol. The first kappa shape index (κ1) is 11.7. The molecule has 1 aromatic heterocycles. The number of aromatic nitrogens is 3. The molecule has 1 aliphatic rings. The Balaban J connectivity index is 2.39. The van der Waals surface area contributed by atoms with Crippen LogP contribution in [0.3, 0.4) is 0 Å². The van der Waals surface area contributed by atoms with E-state index in [1.54, 1.807) is 7.05 Å². The molecule has 1 fully saturated rings. The molecule has 2 unspecified atom stereocenters. The molecule has 0 radical (unpaired) electrons. The van der Waals surface area contributed by atoms with Crippen LogP contribution >= 0.6 is 15.9 Å². The second-order valence-electron chi connectivity index (χ2n) is 4.60. The molecule has 0 bridgehead atoms. The van der Waals surface area contributed by atoms with Crippen LogP contribution in [0.15, 0.2) is 4.60 Å². The lowest BCUT2D eigenvalue weighted by molar-refractivity contribution is 0.0791. The maximum atomic E-state index is 12.5. The normalized spacial score (nSPS) is 29.6. The van der Waals surface area contributed by atoms with Crippen molar-refractivity contribution >= 4 is 21.7 Å². The summed E-state index contributed by atoms with van der Waals surface area (Å²) in [6, 6.07) is -0.0678. The maximum absolute atomic E-state index is 12.5. The van der Waals surface area contributed by atoms with E-state index in [4.69, 9.17) is 5.73 Å². The summed E-state index contributed by atoms with van der Waals surface area (Å²) in [6.45, 7) is 1.94. The lowest BCUT2D eigenvalue weighted by Gasteiger charge is -2.26. The highest BCUT2D eigenvalue weighted by atomic mass is 79.9. The zero-order chi connectivity index (χ0) is 11.9. The van der Waals surface area contributed by atoms with Crippen LogP contribution in [0.1, 0.15) is 36.7 Å². The molecule has 0 aliphatic heterocycles. The molecule has 6 heteroatoms. The van der Waals surface area contributed by atoms with Crippen molar-refractivity contribution < 1.29 is 4.79 Å². The zero-order valence-electron chi connectivity index (χ0n) is 9.40. The van der Waals surface area contributed by atoms with Crippen molar-refractivity contribution in [1.82, 2.24) is 15.0 Å². The first-order chi connectivity index (χ1) is 7.47. The van der Waals surface area contributed by atoms with Crippen molar-refractivity contribution in [3.05, 3.63) is 10.3 Å². The summed E-state index contributed by atoms with van der Waals surface area (Å²) in [5.74, 6) is 0.0388. The van der Waals surface area contributed by atoms with Crippen molar-refractivity contribution in [3.8, 4) is 0 Å². The average Bonchev–Trinajstić information content (AvgIpc) is 2.73. The molecule has 1 aromatic rings.